The average Bonchev–Trinajstić information content (AvgIpc) is 2.52. The van der Waals surface area contributed by atoms with Crippen LogP contribution in [0.4, 0.5) is 0 Å². The van der Waals surface area contributed by atoms with E-state index in [0.29, 0.717) is 18.6 Å². The first-order valence-electron chi connectivity index (χ1n) is 7.00. The summed E-state index contributed by atoms with van der Waals surface area (Å²) in [5.41, 5.74) is -1.12. The van der Waals surface area contributed by atoms with Crippen LogP contribution in [0.3, 0.4) is 0 Å². The van der Waals surface area contributed by atoms with Crippen molar-refractivity contribution < 1.29 is 42.4 Å². The molecule has 5 atom stereocenters. The molecule has 1 heterocycles. The highest BCUT2D eigenvalue weighted by Crippen LogP contribution is 2.30. The molecule has 0 aromatic heterocycles. The number of nitrogens with zero attached hydrogens (tertiary/aromatic N) is 1. The normalized spacial score (nSPS) is 31.9. The monoisotopic (exact) mass is 407 g/mol. The highest BCUT2D eigenvalue weighted by Gasteiger charge is 2.44. The molecule has 0 spiro atoms. The standard InChI is InChI=1S/C11H21NO9S3/c13-5-6-8(14)9(15)10(16)11(20-6)23-7(3-1-2-4-22)12-21-24(17,18)19/h6,8-11,13-16,22H,1-5H2,(H,17,18,19)/b12-7+. The predicted molar refractivity (Wildman–Crippen MR) is 89.1 cm³/mol. The molecule has 0 bridgehead atoms. The van der Waals surface area contributed by atoms with Crippen LogP contribution in [-0.4, -0.2) is 80.7 Å². The van der Waals surface area contributed by atoms with Gasteiger partial charge < -0.3 is 25.2 Å². The molecule has 1 aliphatic heterocycles. The van der Waals surface area contributed by atoms with E-state index in [1.54, 1.807) is 0 Å². The minimum Gasteiger partial charge on any atom is -0.394 e. The second-order valence-corrected chi connectivity index (χ2v) is 7.61. The third kappa shape index (κ3) is 7.01. The zero-order valence-corrected chi connectivity index (χ0v) is 15.0. The van der Waals surface area contributed by atoms with E-state index in [4.69, 9.17) is 14.4 Å². The van der Waals surface area contributed by atoms with E-state index in [2.05, 4.69) is 22.1 Å². The fourth-order valence-electron chi connectivity index (χ4n) is 1.90. The summed E-state index contributed by atoms with van der Waals surface area (Å²) in [6.07, 6.45) is -4.15. The minimum atomic E-state index is -4.79. The van der Waals surface area contributed by atoms with Crippen LogP contribution in [0.2, 0.25) is 0 Å². The van der Waals surface area contributed by atoms with Gasteiger partial charge in [0, 0.05) is 0 Å². The van der Waals surface area contributed by atoms with Crippen molar-refractivity contribution in [3.8, 4) is 0 Å². The Bertz CT molecular complexity index is 513. The second-order valence-electron chi connectivity index (χ2n) is 4.98. The Labute approximate surface area is 149 Å². The Morgan fingerprint density at radius 2 is 1.88 bits per heavy atom. The van der Waals surface area contributed by atoms with E-state index in [1.165, 1.54) is 0 Å². The number of oxime groups is 1. The smallest absolute Gasteiger partial charge is 0.394 e. The lowest BCUT2D eigenvalue weighted by Crippen LogP contribution is -2.57. The van der Waals surface area contributed by atoms with Crippen molar-refractivity contribution in [3.63, 3.8) is 0 Å². The topological polar surface area (TPSA) is 166 Å². The molecule has 13 heteroatoms. The summed E-state index contributed by atoms with van der Waals surface area (Å²) in [5, 5.41) is 41.9. The van der Waals surface area contributed by atoms with E-state index in [0.717, 1.165) is 11.8 Å². The first kappa shape index (κ1) is 21.9. The SMILES string of the molecule is O=S(=O)(O)O/N=C(\CCCCS)SC1OC(CO)C(O)C(O)C1O. The molecule has 0 amide bonds. The average molecular weight is 407 g/mol. The lowest BCUT2D eigenvalue weighted by Gasteiger charge is -2.39. The van der Waals surface area contributed by atoms with Gasteiger partial charge in [0.05, 0.1) is 6.61 Å². The maximum atomic E-state index is 10.6. The Balaban J connectivity index is 2.82. The van der Waals surface area contributed by atoms with E-state index >= 15 is 0 Å². The fourth-order valence-corrected chi connectivity index (χ4v) is 3.47. The van der Waals surface area contributed by atoms with Crippen LogP contribution >= 0.6 is 24.4 Å². The van der Waals surface area contributed by atoms with E-state index < -0.39 is 46.9 Å². The minimum absolute atomic E-state index is 0.0822. The summed E-state index contributed by atoms with van der Waals surface area (Å²) >= 11 is 4.81. The summed E-state index contributed by atoms with van der Waals surface area (Å²) in [4.78, 5) is 0. The molecule has 1 aliphatic rings. The number of ether oxygens (including phenoxy) is 1. The van der Waals surface area contributed by atoms with Crippen molar-refractivity contribution in [2.75, 3.05) is 12.4 Å². The van der Waals surface area contributed by atoms with Crippen molar-refractivity contribution in [2.24, 2.45) is 5.16 Å². The van der Waals surface area contributed by atoms with Crippen molar-refractivity contribution in [1.82, 2.24) is 0 Å². The van der Waals surface area contributed by atoms with Crippen LogP contribution in [0.15, 0.2) is 5.16 Å². The number of thiol groups is 1. The van der Waals surface area contributed by atoms with Crippen LogP contribution in [0.25, 0.3) is 0 Å². The van der Waals surface area contributed by atoms with Crippen LogP contribution in [-0.2, 0) is 19.4 Å². The zero-order valence-electron chi connectivity index (χ0n) is 12.5. The van der Waals surface area contributed by atoms with Gasteiger partial charge in [0.25, 0.3) is 0 Å². The number of hydrogen-bond acceptors (Lipinski definition) is 11. The molecule has 0 aromatic carbocycles. The molecule has 10 nitrogen and oxygen atoms in total. The quantitative estimate of drug-likeness (QED) is 0.0715. The number of thioether (sulfide) groups is 1. The van der Waals surface area contributed by atoms with Crippen LogP contribution in [0.5, 0.6) is 0 Å². The lowest BCUT2D eigenvalue weighted by atomic mass is 10.0. The summed E-state index contributed by atoms with van der Waals surface area (Å²) < 4.78 is 39.1. The maximum absolute atomic E-state index is 10.6. The highest BCUT2D eigenvalue weighted by molar-refractivity contribution is 8.14. The van der Waals surface area contributed by atoms with Crippen LogP contribution < -0.4 is 0 Å². The maximum Gasteiger partial charge on any atom is 0.466 e. The van der Waals surface area contributed by atoms with Gasteiger partial charge in [0.15, 0.2) is 0 Å². The summed E-state index contributed by atoms with van der Waals surface area (Å²) in [7, 11) is -4.79. The second kappa shape index (κ2) is 10.1. The van der Waals surface area contributed by atoms with Crippen LogP contribution in [0.1, 0.15) is 19.3 Å². The Morgan fingerprint density at radius 3 is 2.42 bits per heavy atom. The van der Waals surface area contributed by atoms with E-state index in [-0.39, 0.29) is 11.5 Å². The molecule has 0 aromatic rings. The molecule has 24 heavy (non-hydrogen) atoms. The van der Waals surface area contributed by atoms with E-state index in [1.807, 2.05) is 0 Å². The highest BCUT2D eigenvalue weighted by atomic mass is 32.3. The summed E-state index contributed by atoms with van der Waals surface area (Å²) in [6, 6.07) is 0. The zero-order chi connectivity index (χ0) is 18.3. The van der Waals surface area contributed by atoms with Crippen molar-refractivity contribution in [2.45, 2.75) is 49.1 Å². The number of aliphatic hydroxyl groups excluding tert-OH is 4. The number of rotatable bonds is 8. The first-order valence-corrected chi connectivity index (χ1v) is 9.88. The molecule has 142 valence electrons. The molecule has 0 radical (unpaired) electrons. The molecule has 1 saturated heterocycles. The summed E-state index contributed by atoms with van der Waals surface area (Å²) in [5.74, 6) is 0.594. The molecule has 1 fully saturated rings. The summed E-state index contributed by atoms with van der Waals surface area (Å²) in [6.45, 7) is -0.588. The van der Waals surface area contributed by atoms with Gasteiger partial charge in [0.2, 0.25) is 0 Å². The van der Waals surface area contributed by atoms with Crippen molar-refractivity contribution >= 4 is 39.8 Å². The third-order valence-corrected chi connectivity index (χ3v) is 4.88. The molecule has 0 saturated carbocycles. The Morgan fingerprint density at radius 1 is 1.21 bits per heavy atom. The molecule has 1 rings (SSSR count). The van der Waals surface area contributed by atoms with Gasteiger partial charge in [0.1, 0.15) is 34.9 Å². The Kier molecular flexibility index (Phi) is 9.25. The van der Waals surface area contributed by atoms with Gasteiger partial charge >= 0.3 is 10.4 Å². The predicted octanol–water partition coefficient (Wildman–Crippen LogP) is -1.25. The molecule has 0 aliphatic carbocycles. The van der Waals surface area contributed by atoms with Gasteiger partial charge in [-0.15, -0.1) is 0 Å². The van der Waals surface area contributed by atoms with E-state index in [9.17, 15) is 23.7 Å². The first-order chi connectivity index (χ1) is 11.2. The Hall–Kier alpha value is -0.120. The number of unbranched alkanes of at least 4 members (excludes halogenated alkanes) is 1. The largest absolute Gasteiger partial charge is 0.466 e. The van der Waals surface area contributed by atoms with Gasteiger partial charge in [-0.05, 0) is 25.0 Å². The number of aliphatic hydroxyl groups is 4. The molecular formula is C11H21NO9S3. The van der Waals surface area contributed by atoms with Crippen LogP contribution in [0, 0.1) is 0 Å². The van der Waals surface area contributed by atoms with Crippen molar-refractivity contribution in [1.29, 1.82) is 0 Å². The lowest BCUT2D eigenvalue weighted by molar-refractivity contribution is -0.205. The van der Waals surface area contributed by atoms with Gasteiger partial charge in [-0.25, -0.2) is 4.28 Å². The van der Waals surface area contributed by atoms with Gasteiger partial charge in [-0.2, -0.15) is 21.0 Å². The van der Waals surface area contributed by atoms with Gasteiger partial charge in [-0.1, -0.05) is 16.9 Å². The molecular weight excluding hydrogens is 386 g/mol. The number of hydrogen-bond donors (Lipinski definition) is 6. The molecule has 5 N–H and O–H groups in total. The third-order valence-electron chi connectivity index (χ3n) is 3.13. The fraction of sp³-hybridized carbons (Fsp3) is 0.909. The van der Waals surface area contributed by atoms with Gasteiger partial charge in [-0.3, -0.25) is 4.55 Å². The van der Waals surface area contributed by atoms with Crippen molar-refractivity contribution in [3.05, 3.63) is 0 Å². The molecule has 5 unspecified atom stereocenters.